The van der Waals surface area contributed by atoms with E-state index in [2.05, 4.69) is 15.2 Å². The van der Waals surface area contributed by atoms with E-state index in [0.717, 1.165) is 16.7 Å². The summed E-state index contributed by atoms with van der Waals surface area (Å²) in [5, 5.41) is 3.76. The summed E-state index contributed by atoms with van der Waals surface area (Å²) < 4.78 is 10.5. The Morgan fingerprint density at radius 1 is 1.00 bits per heavy atom. The van der Waals surface area contributed by atoms with E-state index in [1.54, 1.807) is 31.4 Å². The van der Waals surface area contributed by atoms with Crippen molar-refractivity contribution in [3.63, 3.8) is 0 Å². The number of carbonyl (C=O) groups excluding carboxylic acids is 2. The van der Waals surface area contributed by atoms with Gasteiger partial charge in [-0.1, -0.05) is 6.07 Å². The average molecular weight is 422 g/mol. The maximum absolute atomic E-state index is 12.9. The highest BCUT2D eigenvalue weighted by molar-refractivity contribution is 6.09. The number of piperazine rings is 1. The van der Waals surface area contributed by atoms with Crippen molar-refractivity contribution in [1.29, 1.82) is 0 Å². The van der Waals surface area contributed by atoms with Crippen LogP contribution in [0.1, 0.15) is 10.4 Å². The fourth-order valence-corrected chi connectivity index (χ4v) is 3.76. The predicted molar refractivity (Wildman–Crippen MR) is 119 cm³/mol. The maximum Gasteiger partial charge on any atom is 0.321 e. The smallest absolute Gasteiger partial charge is 0.321 e. The number of nitrogens with one attached hydrogen (secondary N) is 2. The van der Waals surface area contributed by atoms with E-state index < -0.39 is 0 Å². The molecule has 4 rings (SSSR count). The van der Waals surface area contributed by atoms with E-state index in [1.165, 1.54) is 0 Å². The fraction of sp³-hybridized carbons (Fsp3) is 0.304. The van der Waals surface area contributed by atoms with Gasteiger partial charge in [0.1, 0.15) is 11.5 Å². The van der Waals surface area contributed by atoms with Crippen LogP contribution in [-0.4, -0.2) is 73.5 Å². The summed E-state index contributed by atoms with van der Waals surface area (Å²) in [6.07, 6.45) is 1.75. The Balaban J connectivity index is 1.33. The van der Waals surface area contributed by atoms with Crippen molar-refractivity contribution in [3.8, 4) is 11.5 Å². The topological polar surface area (TPSA) is 86.9 Å². The van der Waals surface area contributed by atoms with Crippen molar-refractivity contribution >= 4 is 28.4 Å². The Morgan fingerprint density at radius 2 is 1.74 bits per heavy atom. The molecular formula is C23H26N4O4. The summed E-state index contributed by atoms with van der Waals surface area (Å²) >= 11 is 0. The van der Waals surface area contributed by atoms with E-state index in [1.807, 2.05) is 36.4 Å². The summed E-state index contributed by atoms with van der Waals surface area (Å²) in [4.78, 5) is 32.4. The number of methoxy groups -OCH3 is 2. The minimum Gasteiger partial charge on any atom is -0.497 e. The van der Waals surface area contributed by atoms with Crippen LogP contribution in [-0.2, 0) is 0 Å². The Kier molecular flexibility index (Phi) is 6.08. The van der Waals surface area contributed by atoms with Crippen molar-refractivity contribution in [3.05, 3.63) is 54.2 Å². The molecule has 162 valence electrons. The summed E-state index contributed by atoms with van der Waals surface area (Å²) in [6, 6.07) is 12.8. The number of benzene rings is 2. The quantitative estimate of drug-likeness (QED) is 0.596. The molecule has 2 amide bonds. The van der Waals surface area contributed by atoms with Gasteiger partial charge in [-0.25, -0.2) is 4.79 Å². The number of H-pyrrole nitrogens is 1. The second-order valence-corrected chi connectivity index (χ2v) is 7.46. The number of aromatic nitrogens is 1. The van der Waals surface area contributed by atoms with Gasteiger partial charge in [-0.15, -0.1) is 0 Å². The molecule has 1 saturated heterocycles. The first-order valence-electron chi connectivity index (χ1n) is 10.2. The predicted octanol–water partition coefficient (Wildman–Crippen LogP) is 3.22. The van der Waals surface area contributed by atoms with Crippen LogP contribution in [0.2, 0.25) is 0 Å². The number of ketones is 1. The number of hydrogen-bond acceptors (Lipinski definition) is 5. The molecular weight excluding hydrogens is 396 g/mol. The zero-order chi connectivity index (χ0) is 21.8. The van der Waals surface area contributed by atoms with Gasteiger partial charge < -0.3 is 24.7 Å². The largest absolute Gasteiger partial charge is 0.497 e. The highest BCUT2D eigenvalue weighted by atomic mass is 16.5. The first kappa shape index (κ1) is 20.7. The van der Waals surface area contributed by atoms with Crippen LogP contribution in [0.5, 0.6) is 11.5 Å². The minimum absolute atomic E-state index is 0.0498. The molecule has 3 aromatic rings. The lowest BCUT2D eigenvalue weighted by Crippen LogP contribution is -2.51. The number of carbonyl (C=O) groups is 2. The number of rotatable bonds is 6. The molecule has 1 fully saturated rings. The fourth-order valence-electron chi connectivity index (χ4n) is 3.76. The van der Waals surface area contributed by atoms with Crippen LogP contribution in [0.4, 0.5) is 10.5 Å². The molecule has 2 aromatic carbocycles. The number of hydrogen-bond donors (Lipinski definition) is 2. The molecule has 31 heavy (non-hydrogen) atoms. The normalized spacial score (nSPS) is 14.5. The summed E-state index contributed by atoms with van der Waals surface area (Å²) in [5.41, 5.74) is 2.26. The van der Waals surface area contributed by atoms with Gasteiger partial charge in [-0.2, -0.15) is 0 Å². The Morgan fingerprint density at radius 3 is 2.48 bits per heavy atom. The third kappa shape index (κ3) is 4.64. The van der Waals surface area contributed by atoms with Crippen molar-refractivity contribution in [2.45, 2.75) is 0 Å². The van der Waals surface area contributed by atoms with Gasteiger partial charge >= 0.3 is 6.03 Å². The van der Waals surface area contributed by atoms with Gasteiger partial charge in [0.2, 0.25) is 0 Å². The Labute approximate surface area is 180 Å². The molecule has 0 bridgehead atoms. The van der Waals surface area contributed by atoms with E-state index in [-0.39, 0.29) is 11.8 Å². The molecule has 0 saturated carbocycles. The molecule has 2 N–H and O–H groups in total. The second kappa shape index (κ2) is 9.09. The molecule has 8 heteroatoms. The molecule has 0 atom stereocenters. The number of fused-ring (bicyclic) bond motifs is 1. The zero-order valence-corrected chi connectivity index (χ0v) is 17.7. The van der Waals surface area contributed by atoms with Gasteiger partial charge in [0.05, 0.1) is 20.8 Å². The maximum atomic E-state index is 12.9. The third-order valence-corrected chi connectivity index (χ3v) is 5.54. The first-order chi connectivity index (χ1) is 15.1. The van der Waals surface area contributed by atoms with Gasteiger partial charge in [0.15, 0.2) is 5.78 Å². The highest BCUT2D eigenvalue weighted by Crippen LogP contribution is 2.24. The van der Waals surface area contributed by atoms with Gasteiger partial charge in [0, 0.05) is 60.6 Å². The zero-order valence-electron chi connectivity index (χ0n) is 17.7. The number of Topliss-reactive ketones (excluding diaryl/α,β-unsaturated/α-hetero) is 1. The molecule has 8 nitrogen and oxygen atoms in total. The van der Waals surface area contributed by atoms with Gasteiger partial charge in [-0.3, -0.25) is 9.69 Å². The standard InChI is InChI=1S/C23H26N4O4/c1-30-17-5-3-4-16(12-17)25-23(29)27-10-8-26(9-11-27)15-22(28)20-14-24-21-7-6-18(31-2)13-19(20)21/h3-7,12-14,24H,8-11,15H2,1-2H3,(H,25,29). The van der Waals surface area contributed by atoms with E-state index in [0.29, 0.717) is 49.7 Å². The van der Waals surface area contributed by atoms with Crippen LogP contribution < -0.4 is 14.8 Å². The van der Waals surface area contributed by atoms with Crippen molar-refractivity contribution in [2.24, 2.45) is 0 Å². The number of aromatic amines is 1. The van der Waals surface area contributed by atoms with Crippen LogP contribution in [0.3, 0.4) is 0 Å². The second-order valence-electron chi connectivity index (χ2n) is 7.46. The lowest BCUT2D eigenvalue weighted by molar-refractivity contribution is 0.0885. The first-order valence-corrected chi connectivity index (χ1v) is 10.2. The highest BCUT2D eigenvalue weighted by Gasteiger charge is 2.24. The molecule has 0 spiro atoms. The molecule has 0 unspecified atom stereocenters. The van der Waals surface area contributed by atoms with Crippen LogP contribution in [0.15, 0.2) is 48.7 Å². The van der Waals surface area contributed by atoms with Gasteiger partial charge in [-0.05, 0) is 30.3 Å². The molecule has 2 heterocycles. The van der Waals surface area contributed by atoms with Crippen molar-refractivity contribution in [1.82, 2.24) is 14.8 Å². The summed E-state index contributed by atoms with van der Waals surface area (Å²) in [5.74, 6) is 1.46. The molecule has 1 aromatic heterocycles. The number of anilines is 1. The summed E-state index contributed by atoms with van der Waals surface area (Å²) in [7, 11) is 3.20. The Bertz CT molecular complexity index is 1090. The van der Waals surface area contributed by atoms with Crippen LogP contribution in [0, 0.1) is 0 Å². The minimum atomic E-state index is -0.150. The summed E-state index contributed by atoms with van der Waals surface area (Å²) in [6.45, 7) is 2.72. The molecule has 1 aliphatic rings. The number of urea groups is 1. The molecule has 1 aliphatic heterocycles. The van der Waals surface area contributed by atoms with Crippen LogP contribution in [0.25, 0.3) is 10.9 Å². The lowest BCUT2D eigenvalue weighted by atomic mass is 10.1. The number of ether oxygens (including phenoxy) is 2. The van der Waals surface area contributed by atoms with E-state index >= 15 is 0 Å². The van der Waals surface area contributed by atoms with Crippen LogP contribution >= 0.6 is 0 Å². The molecule has 0 aliphatic carbocycles. The Hall–Kier alpha value is -3.52. The van der Waals surface area contributed by atoms with E-state index in [4.69, 9.17) is 9.47 Å². The SMILES string of the molecule is COc1cccc(NC(=O)N2CCN(CC(=O)c3c[nH]c4ccc(OC)cc34)CC2)c1. The van der Waals surface area contributed by atoms with Crippen molar-refractivity contribution in [2.75, 3.05) is 52.3 Å². The number of amides is 2. The average Bonchev–Trinajstić information content (AvgIpc) is 3.23. The monoisotopic (exact) mass is 422 g/mol. The van der Waals surface area contributed by atoms with Crippen molar-refractivity contribution < 1.29 is 19.1 Å². The molecule has 0 radical (unpaired) electrons. The third-order valence-electron chi connectivity index (χ3n) is 5.54. The van der Waals surface area contributed by atoms with Gasteiger partial charge in [0.25, 0.3) is 0 Å². The van der Waals surface area contributed by atoms with E-state index in [9.17, 15) is 9.59 Å². The number of nitrogens with zero attached hydrogens (tertiary/aromatic N) is 2. The lowest BCUT2D eigenvalue weighted by Gasteiger charge is -2.34.